The standard InChI is InChI=1S/C8H15N3O/c1-11-6-10-8(7(11)12)2-4-9-5-3-8/h9-10H,2-6H2,1H3. The first kappa shape index (κ1) is 8.01. The summed E-state index contributed by atoms with van der Waals surface area (Å²) in [5.74, 6) is 0.268. The molecule has 0 saturated carbocycles. The topological polar surface area (TPSA) is 44.4 Å². The van der Waals surface area contributed by atoms with Gasteiger partial charge >= 0.3 is 0 Å². The summed E-state index contributed by atoms with van der Waals surface area (Å²) in [6.07, 6.45) is 1.85. The molecule has 0 aromatic heterocycles. The predicted octanol–water partition coefficient (Wildman–Crippen LogP) is -0.872. The van der Waals surface area contributed by atoms with Gasteiger partial charge in [-0.05, 0) is 25.9 Å². The lowest BCUT2D eigenvalue weighted by Crippen LogP contribution is -2.53. The summed E-state index contributed by atoms with van der Waals surface area (Å²) in [6.45, 7) is 2.61. The second-order valence-electron chi connectivity index (χ2n) is 3.67. The van der Waals surface area contributed by atoms with Crippen molar-refractivity contribution in [3.8, 4) is 0 Å². The molecule has 2 aliphatic rings. The molecule has 2 aliphatic heterocycles. The first-order chi connectivity index (χ1) is 5.75. The zero-order valence-electron chi connectivity index (χ0n) is 7.39. The van der Waals surface area contributed by atoms with Gasteiger partial charge in [0.25, 0.3) is 0 Å². The van der Waals surface area contributed by atoms with Crippen LogP contribution in [0.5, 0.6) is 0 Å². The first-order valence-corrected chi connectivity index (χ1v) is 4.46. The van der Waals surface area contributed by atoms with Crippen LogP contribution < -0.4 is 10.6 Å². The molecule has 12 heavy (non-hydrogen) atoms. The van der Waals surface area contributed by atoms with Gasteiger partial charge in [-0.2, -0.15) is 0 Å². The highest BCUT2D eigenvalue weighted by atomic mass is 16.2. The van der Waals surface area contributed by atoms with Gasteiger partial charge in [-0.3, -0.25) is 10.1 Å². The molecule has 2 rings (SSSR count). The summed E-state index contributed by atoms with van der Waals surface area (Å²) in [4.78, 5) is 13.5. The Morgan fingerprint density at radius 3 is 2.58 bits per heavy atom. The fraction of sp³-hybridized carbons (Fsp3) is 0.875. The summed E-state index contributed by atoms with van der Waals surface area (Å²) in [7, 11) is 1.85. The number of carbonyl (C=O) groups is 1. The maximum atomic E-state index is 11.7. The van der Waals surface area contributed by atoms with E-state index in [1.165, 1.54) is 0 Å². The van der Waals surface area contributed by atoms with Gasteiger partial charge in [0, 0.05) is 7.05 Å². The summed E-state index contributed by atoms with van der Waals surface area (Å²) >= 11 is 0. The highest BCUT2D eigenvalue weighted by molar-refractivity contribution is 5.88. The summed E-state index contributed by atoms with van der Waals surface area (Å²) in [5, 5.41) is 6.57. The van der Waals surface area contributed by atoms with E-state index in [1.54, 1.807) is 4.90 Å². The second-order valence-corrected chi connectivity index (χ2v) is 3.67. The zero-order valence-corrected chi connectivity index (χ0v) is 7.39. The highest BCUT2D eigenvalue weighted by Gasteiger charge is 2.45. The van der Waals surface area contributed by atoms with Crippen LogP contribution in [0.25, 0.3) is 0 Å². The number of carbonyl (C=O) groups excluding carboxylic acids is 1. The molecule has 0 aromatic carbocycles. The van der Waals surface area contributed by atoms with Gasteiger partial charge in [0.1, 0.15) is 5.54 Å². The molecule has 4 heteroatoms. The number of amides is 1. The molecule has 0 unspecified atom stereocenters. The molecule has 0 aliphatic carbocycles. The normalized spacial score (nSPS) is 28.4. The van der Waals surface area contributed by atoms with E-state index in [4.69, 9.17) is 0 Å². The third-order valence-corrected chi connectivity index (χ3v) is 2.87. The summed E-state index contributed by atoms with van der Waals surface area (Å²) < 4.78 is 0. The van der Waals surface area contributed by atoms with Crippen LogP contribution in [0.1, 0.15) is 12.8 Å². The Hall–Kier alpha value is -0.610. The molecular formula is C8H15N3O. The Morgan fingerprint density at radius 2 is 2.08 bits per heavy atom. The Labute approximate surface area is 72.3 Å². The molecule has 0 atom stereocenters. The monoisotopic (exact) mass is 169 g/mol. The van der Waals surface area contributed by atoms with E-state index in [1.807, 2.05) is 7.05 Å². The SMILES string of the molecule is CN1CNC2(CCNCC2)C1=O. The third-order valence-electron chi connectivity index (χ3n) is 2.87. The molecule has 0 aromatic rings. The average Bonchev–Trinajstić information content (AvgIpc) is 2.37. The fourth-order valence-corrected chi connectivity index (χ4v) is 2.03. The predicted molar refractivity (Wildman–Crippen MR) is 45.6 cm³/mol. The lowest BCUT2D eigenvalue weighted by molar-refractivity contribution is -0.132. The van der Waals surface area contributed by atoms with Crippen molar-refractivity contribution in [3.05, 3.63) is 0 Å². The van der Waals surface area contributed by atoms with E-state index in [9.17, 15) is 4.79 Å². The molecule has 0 bridgehead atoms. The van der Waals surface area contributed by atoms with Crippen LogP contribution >= 0.6 is 0 Å². The number of hydrogen-bond donors (Lipinski definition) is 2. The largest absolute Gasteiger partial charge is 0.331 e. The minimum Gasteiger partial charge on any atom is -0.331 e. The van der Waals surface area contributed by atoms with Crippen molar-refractivity contribution in [3.63, 3.8) is 0 Å². The maximum Gasteiger partial charge on any atom is 0.243 e. The second kappa shape index (κ2) is 2.71. The van der Waals surface area contributed by atoms with Crippen molar-refractivity contribution >= 4 is 5.91 Å². The number of hydrogen-bond acceptors (Lipinski definition) is 3. The van der Waals surface area contributed by atoms with Crippen molar-refractivity contribution in [2.75, 3.05) is 26.8 Å². The quantitative estimate of drug-likeness (QED) is 0.495. The van der Waals surface area contributed by atoms with Crippen molar-refractivity contribution in [2.24, 2.45) is 0 Å². The number of nitrogens with zero attached hydrogens (tertiary/aromatic N) is 1. The molecule has 2 fully saturated rings. The summed E-state index contributed by atoms with van der Waals surface area (Å²) in [5.41, 5.74) is -0.222. The van der Waals surface area contributed by atoms with E-state index < -0.39 is 0 Å². The van der Waals surface area contributed by atoms with E-state index in [0.717, 1.165) is 25.9 Å². The minimum absolute atomic E-state index is 0.222. The van der Waals surface area contributed by atoms with Gasteiger partial charge in [0.05, 0.1) is 6.67 Å². The molecule has 1 spiro atoms. The smallest absolute Gasteiger partial charge is 0.243 e. The third kappa shape index (κ3) is 1.03. The molecule has 0 radical (unpaired) electrons. The van der Waals surface area contributed by atoms with Crippen LogP contribution in [0.15, 0.2) is 0 Å². The number of rotatable bonds is 0. The number of likely N-dealkylation sites (N-methyl/N-ethyl adjacent to an activating group) is 1. The van der Waals surface area contributed by atoms with Crippen LogP contribution in [0, 0.1) is 0 Å². The molecule has 4 nitrogen and oxygen atoms in total. The van der Waals surface area contributed by atoms with Crippen LogP contribution in [0.4, 0.5) is 0 Å². The lowest BCUT2D eigenvalue weighted by atomic mass is 9.88. The van der Waals surface area contributed by atoms with Crippen molar-refractivity contribution < 1.29 is 4.79 Å². The van der Waals surface area contributed by atoms with Crippen molar-refractivity contribution in [1.82, 2.24) is 15.5 Å². The molecule has 68 valence electrons. The van der Waals surface area contributed by atoms with Crippen molar-refractivity contribution in [2.45, 2.75) is 18.4 Å². The van der Waals surface area contributed by atoms with Crippen LogP contribution in [0.3, 0.4) is 0 Å². The van der Waals surface area contributed by atoms with Gasteiger partial charge in [-0.25, -0.2) is 0 Å². The number of nitrogens with one attached hydrogen (secondary N) is 2. The number of piperidine rings is 1. The van der Waals surface area contributed by atoms with E-state index in [2.05, 4.69) is 10.6 Å². The average molecular weight is 169 g/mol. The lowest BCUT2D eigenvalue weighted by Gasteiger charge is -2.31. The maximum absolute atomic E-state index is 11.7. The fourth-order valence-electron chi connectivity index (χ4n) is 2.03. The van der Waals surface area contributed by atoms with Crippen LogP contribution in [-0.2, 0) is 4.79 Å². The van der Waals surface area contributed by atoms with Gasteiger partial charge in [0.2, 0.25) is 5.91 Å². The zero-order chi connectivity index (χ0) is 8.60. The highest BCUT2D eigenvalue weighted by Crippen LogP contribution is 2.24. The van der Waals surface area contributed by atoms with Gasteiger partial charge in [-0.15, -0.1) is 0 Å². The van der Waals surface area contributed by atoms with Crippen LogP contribution in [0.2, 0.25) is 0 Å². The molecule has 1 amide bonds. The Kier molecular flexibility index (Phi) is 1.81. The molecular weight excluding hydrogens is 154 g/mol. The van der Waals surface area contributed by atoms with E-state index in [-0.39, 0.29) is 11.4 Å². The molecule has 2 heterocycles. The van der Waals surface area contributed by atoms with Gasteiger partial charge in [0.15, 0.2) is 0 Å². The van der Waals surface area contributed by atoms with Crippen molar-refractivity contribution in [1.29, 1.82) is 0 Å². The first-order valence-electron chi connectivity index (χ1n) is 4.46. The Balaban J connectivity index is 2.14. The Bertz CT molecular complexity index is 193. The van der Waals surface area contributed by atoms with E-state index >= 15 is 0 Å². The van der Waals surface area contributed by atoms with Crippen LogP contribution in [-0.4, -0.2) is 43.2 Å². The molecule has 2 saturated heterocycles. The molecule has 2 N–H and O–H groups in total. The Morgan fingerprint density at radius 1 is 1.42 bits per heavy atom. The summed E-state index contributed by atoms with van der Waals surface area (Å²) in [6, 6.07) is 0. The minimum atomic E-state index is -0.222. The van der Waals surface area contributed by atoms with E-state index in [0.29, 0.717) is 6.67 Å². The van der Waals surface area contributed by atoms with Gasteiger partial charge < -0.3 is 10.2 Å². The van der Waals surface area contributed by atoms with Gasteiger partial charge in [-0.1, -0.05) is 0 Å².